The quantitative estimate of drug-likeness (QED) is 0.723. The van der Waals surface area contributed by atoms with Gasteiger partial charge in [-0.25, -0.2) is 9.59 Å². The zero-order valence-electron chi connectivity index (χ0n) is 13.1. The summed E-state index contributed by atoms with van der Waals surface area (Å²) in [7, 11) is 1.57. The number of rotatable bonds is 5. The minimum Gasteiger partial charge on any atom is -0.464 e. The molecule has 19 heavy (non-hydrogen) atoms. The number of amides is 1. The number of nitrogens with zero attached hydrogens (tertiary/aromatic N) is 1. The van der Waals surface area contributed by atoms with Crippen molar-refractivity contribution in [3.05, 3.63) is 0 Å². The van der Waals surface area contributed by atoms with Gasteiger partial charge in [-0.15, -0.1) is 0 Å². The molecule has 0 saturated heterocycles. The number of esters is 1. The van der Waals surface area contributed by atoms with Gasteiger partial charge in [-0.2, -0.15) is 0 Å². The molecule has 1 amide bonds. The molecule has 0 rings (SSSR count). The summed E-state index contributed by atoms with van der Waals surface area (Å²) in [5, 5.41) is 0. The van der Waals surface area contributed by atoms with Crippen LogP contribution in [0.25, 0.3) is 0 Å². The van der Waals surface area contributed by atoms with Crippen LogP contribution in [0.15, 0.2) is 0 Å². The Morgan fingerprint density at radius 1 is 1.21 bits per heavy atom. The average Bonchev–Trinajstić information content (AvgIpc) is 2.22. The summed E-state index contributed by atoms with van der Waals surface area (Å²) < 4.78 is 10.3. The van der Waals surface area contributed by atoms with Crippen LogP contribution in [-0.4, -0.2) is 42.3 Å². The smallest absolute Gasteiger partial charge is 0.410 e. The Morgan fingerprint density at radius 2 is 1.74 bits per heavy atom. The first-order chi connectivity index (χ1) is 8.58. The lowest BCUT2D eigenvalue weighted by Crippen LogP contribution is -2.46. The van der Waals surface area contributed by atoms with Crippen LogP contribution in [0, 0.1) is 5.92 Å². The van der Waals surface area contributed by atoms with Gasteiger partial charge in [0.25, 0.3) is 0 Å². The molecule has 0 aliphatic heterocycles. The van der Waals surface area contributed by atoms with Gasteiger partial charge >= 0.3 is 12.1 Å². The Bertz CT molecular complexity index is 307. The maximum atomic E-state index is 12.0. The first-order valence-electron chi connectivity index (χ1n) is 6.71. The summed E-state index contributed by atoms with van der Waals surface area (Å²) in [6, 6.07) is -0.602. The van der Waals surface area contributed by atoms with Crippen LogP contribution >= 0.6 is 0 Å². The zero-order valence-corrected chi connectivity index (χ0v) is 13.1. The molecule has 0 heterocycles. The van der Waals surface area contributed by atoms with Crippen molar-refractivity contribution in [2.24, 2.45) is 5.92 Å². The monoisotopic (exact) mass is 273 g/mol. The molecule has 0 unspecified atom stereocenters. The van der Waals surface area contributed by atoms with Gasteiger partial charge in [-0.1, -0.05) is 13.8 Å². The third kappa shape index (κ3) is 7.03. The minimum absolute atomic E-state index is 0.277. The van der Waals surface area contributed by atoms with Crippen molar-refractivity contribution in [2.45, 2.75) is 59.6 Å². The largest absolute Gasteiger partial charge is 0.464 e. The normalized spacial score (nSPS) is 13.1. The van der Waals surface area contributed by atoms with Crippen molar-refractivity contribution in [1.82, 2.24) is 4.90 Å². The molecule has 0 aliphatic rings. The van der Waals surface area contributed by atoms with Gasteiger partial charge in [0.05, 0.1) is 6.61 Å². The van der Waals surface area contributed by atoms with E-state index in [1.807, 2.05) is 13.8 Å². The third-order valence-corrected chi connectivity index (χ3v) is 2.40. The second kappa shape index (κ2) is 7.36. The highest BCUT2D eigenvalue weighted by Crippen LogP contribution is 2.16. The van der Waals surface area contributed by atoms with Gasteiger partial charge < -0.3 is 9.47 Å². The van der Waals surface area contributed by atoms with Gasteiger partial charge in [0.2, 0.25) is 0 Å². The number of likely N-dealkylation sites (N-methyl/N-ethyl adjacent to an activating group) is 1. The van der Waals surface area contributed by atoms with E-state index in [4.69, 9.17) is 9.47 Å². The molecule has 0 aliphatic carbocycles. The van der Waals surface area contributed by atoms with Crippen molar-refractivity contribution in [1.29, 1.82) is 0 Å². The van der Waals surface area contributed by atoms with E-state index in [9.17, 15) is 9.59 Å². The van der Waals surface area contributed by atoms with Gasteiger partial charge in [-0.05, 0) is 40.0 Å². The van der Waals surface area contributed by atoms with Crippen molar-refractivity contribution < 1.29 is 19.1 Å². The second-order valence-corrected chi connectivity index (χ2v) is 5.99. The van der Waals surface area contributed by atoms with Gasteiger partial charge in [0, 0.05) is 7.05 Å². The Labute approximate surface area is 116 Å². The summed E-state index contributed by atoms with van der Waals surface area (Å²) in [5.74, 6) is -0.108. The summed E-state index contributed by atoms with van der Waals surface area (Å²) in [6.07, 6.45) is 0.0420. The van der Waals surface area contributed by atoms with E-state index in [2.05, 4.69) is 0 Å². The minimum atomic E-state index is -0.602. The average molecular weight is 273 g/mol. The van der Waals surface area contributed by atoms with Crippen molar-refractivity contribution >= 4 is 12.1 Å². The van der Waals surface area contributed by atoms with E-state index >= 15 is 0 Å². The maximum absolute atomic E-state index is 12.0. The topological polar surface area (TPSA) is 55.8 Å². The van der Waals surface area contributed by atoms with Crippen molar-refractivity contribution in [2.75, 3.05) is 13.7 Å². The number of ether oxygens (including phenoxy) is 2. The molecule has 0 aromatic carbocycles. The first-order valence-corrected chi connectivity index (χ1v) is 6.71. The van der Waals surface area contributed by atoms with E-state index in [0.29, 0.717) is 13.0 Å². The van der Waals surface area contributed by atoms with E-state index in [0.717, 1.165) is 0 Å². The fourth-order valence-corrected chi connectivity index (χ4v) is 1.56. The Morgan fingerprint density at radius 3 is 2.11 bits per heavy atom. The molecule has 1 atom stereocenters. The van der Waals surface area contributed by atoms with Crippen LogP contribution in [0.1, 0.15) is 48.0 Å². The Kier molecular flexibility index (Phi) is 6.87. The third-order valence-electron chi connectivity index (χ3n) is 2.40. The van der Waals surface area contributed by atoms with Crippen LogP contribution in [0.4, 0.5) is 4.79 Å². The number of hydrogen-bond donors (Lipinski definition) is 0. The van der Waals surface area contributed by atoms with Crippen molar-refractivity contribution in [3.63, 3.8) is 0 Å². The molecular weight excluding hydrogens is 246 g/mol. The van der Waals surface area contributed by atoms with E-state index in [1.165, 1.54) is 4.90 Å². The summed E-state index contributed by atoms with van der Waals surface area (Å²) in [5.41, 5.74) is -0.581. The molecule has 5 nitrogen and oxygen atoms in total. The second-order valence-electron chi connectivity index (χ2n) is 5.99. The molecule has 0 aromatic rings. The SMILES string of the molecule is CCOC(=O)[C@H](CC(C)C)N(C)C(=O)OC(C)(C)C. The van der Waals surface area contributed by atoms with E-state index in [-0.39, 0.29) is 11.9 Å². The molecule has 0 N–H and O–H groups in total. The van der Waals surface area contributed by atoms with Crippen LogP contribution in [0.2, 0.25) is 0 Å². The Balaban J connectivity index is 4.84. The van der Waals surface area contributed by atoms with Gasteiger partial charge in [-0.3, -0.25) is 4.90 Å². The van der Waals surface area contributed by atoms with Crippen molar-refractivity contribution in [3.8, 4) is 0 Å². The van der Waals surface area contributed by atoms with Crippen LogP contribution in [0.5, 0.6) is 0 Å². The molecule has 0 aromatic heterocycles. The summed E-state index contributed by atoms with van der Waals surface area (Å²) in [6.45, 7) is 11.4. The van der Waals surface area contributed by atoms with Gasteiger partial charge in [0.15, 0.2) is 0 Å². The van der Waals surface area contributed by atoms with Crippen LogP contribution in [0.3, 0.4) is 0 Å². The lowest BCUT2D eigenvalue weighted by molar-refractivity contribution is -0.149. The predicted octanol–water partition coefficient (Wildman–Crippen LogP) is 2.83. The standard InChI is InChI=1S/C14H27NO4/c1-8-18-12(16)11(9-10(2)3)15(7)13(17)19-14(4,5)6/h10-11H,8-9H2,1-7H3/t11-/m0/s1. The number of hydrogen-bond acceptors (Lipinski definition) is 4. The molecule has 0 bridgehead atoms. The van der Waals surface area contributed by atoms with Crippen LogP contribution in [-0.2, 0) is 14.3 Å². The molecule has 0 fully saturated rings. The fraction of sp³-hybridized carbons (Fsp3) is 0.857. The van der Waals surface area contributed by atoms with Crippen LogP contribution < -0.4 is 0 Å². The summed E-state index contributed by atoms with van der Waals surface area (Å²) >= 11 is 0. The zero-order chi connectivity index (χ0) is 15.2. The fourth-order valence-electron chi connectivity index (χ4n) is 1.56. The summed E-state index contributed by atoms with van der Waals surface area (Å²) in [4.78, 5) is 25.2. The lowest BCUT2D eigenvalue weighted by atomic mass is 10.0. The first kappa shape index (κ1) is 17.7. The lowest BCUT2D eigenvalue weighted by Gasteiger charge is -2.30. The number of carbonyl (C=O) groups is 2. The molecule has 0 radical (unpaired) electrons. The Hall–Kier alpha value is -1.26. The maximum Gasteiger partial charge on any atom is 0.410 e. The molecular formula is C14H27NO4. The highest BCUT2D eigenvalue weighted by Gasteiger charge is 2.31. The number of carbonyl (C=O) groups excluding carboxylic acids is 2. The highest BCUT2D eigenvalue weighted by molar-refractivity contribution is 5.81. The van der Waals surface area contributed by atoms with Gasteiger partial charge in [0.1, 0.15) is 11.6 Å². The highest BCUT2D eigenvalue weighted by atomic mass is 16.6. The van der Waals surface area contributed by atoms with E-state index < -0.39 is 17.7 Å². The molecule has 0 saturated carbocycles. The van der Waals surface area contributed by atoms with E-state index in [1.54, 1.807) is 34.7 Å². The molecule has 5 heteroatoms. The molecule has 0 spiro atoms. The predicted molar refractivity (Wildman–Crippen MR) is 73.9 cm³/mol. The molecule has 112 valence electrons.